The first kappa shape index (κ1) is 28.2. The lowest BCUT2D eigenvalue weighted by Crippen LogP contribution is -2.80. The predicted octanol–water partition coefficient (Wildman–Crippen LogP) is 4.47. The maximum Gasteiger partial charge on any atom is 0.384 e. The molecule has 0 aromatic rings. The predicted molar refractivity (Wildman–Crippen MR) is 85.1 cm³/mol. The zero-order chi connectivity index (χ0) is 25.4. The monoisotopic (exact) mass is 494 g/mol. The minimum absolute atomic E-state index is 0.0523. The number of rotatable bonds is 9. The second-order valence-electron chi connectivity index (χ2n) is 7.43. The zero-order valence-electron chi connectivity index (χ0n) is 16.9. The van der Waals surface area contributed by atoms with Crippen LogP contribution in [-0.4, -0.2) is 68.0 Å². The molecule has 188 valence electrons. The summed E-state index contributed by atoms with van der Waals surface area (Å²) in [5.41, 5.74) is -1.09. The normalized spacial score (nSPS) is 24.9. The van der Waals surface area contributed by atoms with Crippen molar-refractivity contribution in [1.82, 2.24) is 0 Å². The van der Waals surface area contributed by atoms with Crippen LogP contribution in [0.5, 0.6) is 0 Å². The number of methoxy groups -OCH3 is 1. The molecule has 5 nitrogen and oxygen atoms in total. The highest BCUT2D eigenvalue weighted by Crippen LogP contribution is 2.65. The fraction of sp³-hybridized carbons (Fsp3) is 0.882. The fourth-order valence-electron chi connectivity index (χ4n) is 2.69. The van der Waals surface area contributed by atoms with Gasteiger partial charge in [0.1, 0.15) is 0 Å². The van der Waals surface area contributed by atoms with Gasteiger partial charge in [0.25, 0.3) is 0 Å². The lowest BCUT2D eigenvalue weighted by Gasteiger charge is -2.48. The molecular weight excluding hydrogens is 474 g/mol. The van der Waals surface area contributed by atoms with E-state index in [1.165, 1.54) is 14.0 Å². The van der Waals surface area contributed by atoms with Gasteiger partial charge in [0, 0.05) is 13.5 Å². The Morgan fingerprint density at radius 3 is 1.75 bits per heavy atom. The number of carbonyl (C=O) groups excluding carboxylic acids is 2. The van der Waals surface area contributed by atoms with Crippen LogP contribution in [0, 0.1) is 5.41 Å². The average Bonchev–Trinajstić information content (AvgIpc) is 2.67. The molecule has 0 aromatic carbocycles. The lowest BCUT2D eigenvalue weighted by molar-refractivity contribution is -0.468. The highest BCUT2D eigenvalue weighted by atomic mass is 19.4. The zero-order valence-corrected chi connectivity index (χ0v) is 16.9. The Bertz CT molecular complexity index is 682. The number of halogens is 10. The van der Waals surface area contributed by atoms with Crippen molar-refractivity contribution in [2.24, 2.45) is 5.41 Å². The fourth-order valence-corrected chi connectivity index (χ4v) is 2.69. The Balaban J connectivity index is 2.87. The SMILES string of the molecule is CCC(C)(COC)C(=O)OCCCC(=O)OC1C(F)(F)C(F)(F)C(F)(F)C(F)(F)C1(F)F. The molecule has 0 amide bonds. The number of ether oxygens (including phenoxy) is 3. The standard InChI is InChI=1S/C17H20F10O5/c1-4-12(2,8-30-3)11(29)31-7-5-6-9(28)32-10-13(18,19)15(22,23)17(26,27)16(24,25)14(10,20)21/h10H,4-8H2,1-3H3. The molecule has 1 aliphatic rings. The van der Waals surface area contributed by atoms with E-state index in [2.05, 4.69) is 4.74 Å². The van der Waals surface area contributed by atoms with Crippen molar-refractivity contribution in [3.05, 3.63) is 0 Å². The smallest absolute Gasteiger partial charge is 0.384 e. The maximum absolute atomic E-state index is 13.7. The van der Waals surface area contributed by atoms with Crippen LogP contribution in [-0.2, 0) is 23.8 Å². The van der Waals surface area contributed by atoms with Crippen LogP contribution in [0.15, 0.2) is 0 Å². The molecule has 0 saturated heterocycles. The van der Waals surface area contributed by atoms with Gasteiger partial charge in [-0.15, -0.1) is 0 Å². The van der Waals surface area contributed by atoms with Crippen LogP contribution >= 0.6 is 0 Å². The number of hydrogen-bond acceptors (Lipinski definition) is 5. The van der Waals surface area contributed by atoms with E-state index in [4.69, 9.17) is 9.47 Å². The van der Waals surface area contributed by atoms with Crippen molar-refractivity contribution >= 4 is 11.9 Å². The van der Waals surface area contributed by atoms with Crippen LogP contribution in [0.1, 0.15) is 33.1 Å². The van der Waals surface area contributed by atoms with Gasteiger partial charge < -0.3 is 14.2 Å². The van der Waals surface area contributed by atoms with Crippen LogP contribution in [0.4, 0.5) is 43.9 Å². The van der Waals surface area contributed by atoms with Crippen LogP contribution in [0.2, 0.25) is 0 Å². The van der Waals surface area contributed by atoms with Gasteiger partial charge in [-0.25, -0.2) is 0 Å². The molecular formula is C17H20F10O5. The van der Waals surface area contributed by atoms with Crippen molar-refractivity contribution in [1.29, 1.82) is 0 Å². The molecule has 0 spiro atoms. The summed E-state index contributed by atoms with van der Waals surface area (Å²) in [5.74, 6) is -37.0. The summed E-state index contributed by atoms with van der Waals surface area (Å²) in [5, 5.41) is 0. The van der Waals surface area contributed by atoms with E-state index in [1.807, 2.05) is 0 Å². The molecule has 1 rings (SSSR count). The molecule has 0 N–H and O–H groups in total. The lowest BCUT2D eigenvalue weighted by atomic mass is 9.80. The molecule has 0 aromatic heterocycles. The maximum atomic E-state index is 13.7. The number of esters is 2. The Hall–Kier alpha value is -1.80. The van der Waals surface area contributed by atoms with Gasteiger partial charge in [-0.05, 0) is 19.8 Å². The summed E-state index contributed by atoms with van der Waals surface area (Å²) in [6.45, 7) is 2.45. The van der Waals surface area contributed by atoms with Gasteiger partial charge in [0.15, 0.2) is 0 Å². The summed E-state index contributed by atoms with van der Waals surface area (Å²) in [6.07, 6.45) is -6.29. The Labute approximate surface area is 175 Å². The largest absolute Gasteiger partial charge is 0.465 e. The van der Waals surface area contributed by atoms with E-state index in [0.29, 0.717) is 0 Å². The highest BCUT2D eigenvalue weighted by Gasteiger charge is 2.96. The van der Waals surface area contributed by atoms with Crippen LogP contribution in [0.3, 0.4) is 0 Å². The van der Waals surface area contributed by atoms with Crippen LogP contribution in [0.25, 0.3) is 0 Å². The third kappa shape index (κ3) is 4.23. The third-order valence-electron chi connectivity index (χ3n) is 5.03. The quantitative estimate of drug-likeness (QED) is 0.269. The van der Waals surface area contributed by atoms with Crippen molar-refractivity contribution in [3.8, 4) is 0 Å². The Morgan fingerprint density at radius 1 is 0.875 bits per heavy atom. The molecule has 1 atom stereocenters. The third-order valence-corrected chi connectivity index (χ3v) is 5.03. The Morgan fingerprint density at radius 2 is 1.34 bits per heavy atom. The molecule has 1 aliphatic carbocycles. The van der Waals surface area contributed by atoms with E-state index in [1.54, 1.807) is 6.92 Å². The minimum Gasteiger partial charge on any atom is -0.465 e. The van der Waals surface area contributed by atoms with Crippen molar-refractivity contribution in [2.45, 2.75) is 68.8 Å². The average molecular weight is 494 g/mol. The molecule has 15 heteroatoms. The van der Waals surface area contributed by atoms with Gasteiger partial charge in [0.05, 0.1) is 18.6 Å². The van der Waals surface area contributed by atoms with Crippen molar-refractivity contribution in [3.63, 3.8) is 0 Å². The van der Waals surface area contributed by atoms with Gasteiger partial charge in [-0.1, -0.05) is 6.92 Å². The van der Waals surface area contributed by atoms with Crippen molar-refractivity contribution in [2.75, 3.05) is 20.3 Å². The minimum atomic E-state index is -7.14. The molecule has 1 unspecified atom stereocenters. The topological polar surface area (TPSA) is 61.8 Å². The molecule has 1 saturated carbocycles. The van der Waals surface area contributed by atoms with Crippen LogP contribution < -0.4 is 0 Å². The Kier molecular flexibility index (Phi) is 7.82. The first-order valence-corrected chi connectivity index (χ1v) is 9.02. The van der Waals surface area contributed by atoms with Gasteiger partial charge in [-0.2, -0.15) is 43.9 Å². The summed E-state index contributed by atoms with van der Waals surface area (Å²) in [4.78, 5) is 23.5. The summed E-state index contributed by atoms with van der Waals surface area (Å²) in [7, 11) is 1.30. The number of carbonyl (C=O) groups is 2. The highest BCUT2D eigenvalue weighted by molar-refractivity contribution is 5.76. The number of alkyl halides is 10. The van der Waals surface area contributed by atoms with Crippen molar-refractivity contribution < 1.29 is 67.7 Å². The van der Waals surface area contributed by atoms with E-state index < -0.39 is 72.5 Å². The molecule has 0 heterocycles. The molecule has 0 bridgehead atoms. The second kappa shape index (κ2) is 8.86. The van der Waals surface area contributed by atoms with Gasteiger partial charge >= 0.3 is 41.6 Å². The first-order valence-electron chi connectivity index (χ1n) is 9.02. The van der Waals surface area contributed by atoms with E-state index in [9.17, 15) is 53.5 Å². The second-order valence-corrected chi connectivity index (χ2v) is 7.43. The molecule has 32 heavy (non-hydrogen) atoms. The van der Waals surface area contributed by atoms with E-state index in [0.717, 1.165) is 0 Å². The molecule has 0 aliphatic heterocycles. The summed E-state index contributed by atoms with van der Waals surface area (Å²) >= 11 is 0. The van der Waals surface area contributed by atoms with E-state index >= 15 is 0 Å². The summed E-state index contributed by atoms with van der Waals surface area (Å²) < 4.78 is 147. The first-order chi connectivity index (χ1) is 14.3. The molecule has 0 radical (unpaired) electrons. The van der Waals surface area contributed by atoms with Gasteiger partial charge in [0.2, 0.25) is 6.10 Å². The molecule has 1 fully saturated rings. The number of hydrogen-bond donors (Lipinski definition) is 0. The van der Waals surface area contributed by atoms with Gasteiger partial charge in [-0.3, -0.25) is 9.59 Å². The summed E-state index contributed by atoms with van der Waals surface area (Å²) in [6, 6.07) is 0. The van der Waals surface area contributed by atoms with E-state index in [-0.39, 0.29) is 13.0 Å².